The highest BCUT2D eigenvalue weighted by atomic mass is 79.9. The van der Waals surface area contributed by atoms with Gasteiger partial charge in [-0.05, 0) is 28.4 Å². The molecule has 0 atom stereocenters. The molecule has 0 fully saturated rings. The molecule has 1 heterocycles. The van der Waals surface area contributed by atoms with Crippen LogP contribution in [0, 0.1) is 0 Å². The molecule has 0 saturated heterocycles. The Morgan fingerprint density at radius 3 is 2.70 bits per heavy atom. The maximum atomic E-state index is 12.7. The Balaban J connectivity index is 2.49. The van der Waals surface area contributed by atoms with Gasteiger partial charge in [0.05, 0.1) is 10.2 Å². The first-order valence-electron chi connectivity index (χ1n) is 6.13. The summed E-state index contributed by atoms with van der Waals surface area (Å²) in [7, 11) is 0. The number of nitrogens with zero attached hydrogens (tertiary/aromatic N) is 2. The van der Waals surface area contributed by atoms with Crippen LogP contribution in [0.3, 0.4) is 0 Å². The molecule has 20 heavy (non-hydrogen) atoms. The molecule has 0 aliphatic carbocycles. The van der Waals surface area contributed by atoms with Crippen molar-refractivity contribution >= 4 is 27.5 Å². The maximum absolute atomic E-state index is 12.7. The minimum absolute atomic E-state index is 0.0535. The maximum Gasteiger partial charge on any atom is 0.263 e. The Morgan fingerprint density at radius 1 is 1.30 bits per heavy atom. The summed E-state index contributed by atoms with van der Waals surface area (Å²) >= 11 is 9.41. The fourth-order valence-electron chi connectivity index (χ4n) is 1.81. The SMILES string of the molecule is CCCc1nc(-c2cccc(C(F)F)c2)nc(Cl)c1Br. The number of hydrogen-bond acceptors (Lipinski definition) is 2. The van der Waals surface area contributed by atoms with E-state index < -0.39 is 6.43 Å². The second-order valence-corrected chi connectivity index (χ2v) is 5.43. The van der Waals surface area contributed by atoms with Gasteiger partial charge in [-0.2, -0.15) is 0 Å². The normalized spacial score (nSPS) is 11.1. The van der Waals surface area contributed by atoms with Crippen LogP contribution >= 0.6 is 27.5 Å². The Labute approximate surface area is 129 Å². The molecule has 0 aliphatic heterocycles. The topological polar surface area (TPSA) is 25.8 Å². The third-order valence-corrected chi connectivity index (χ3v) is 4.10. The molecule has 0 bridgehead atoms. The number of rotatable bonds is 4. The van der Waals surface area contributed by atoms with Crippen LogP contribution in [0.4, 0.5) is 8.78 Å². The largest absolute Gasteiger partial charge is 0.263 e. The monoisotopic (exact) mass is 360 g/mol. The van der Waals surface area contributed by atoms with Gasteiger partial charge in [-0.1, -0.05) is 43.1 Å². The molecule has 0 amide bonds. The lowest BCUT2D eigenvalue weighted by atomic mass is 10.1. The average Bonchev–Trinajstić information content (AvgIpc) is 2.44. The first kappa shape index (κ1) is 15.3. The van der Waals surface area contributed by atoms with E-state index in [9.17, 15) is 8.78 Å². The third kappa shape index (κ3) is 3.33. The molecule has 106 valence electrons. The predicted octanol–water partition coefficient (Wildman–Crippen LogP) is 5.45. The zero-order valence-corrected chi connectivity index (χ0v) is 13.0. The number of aromatic nitrogens is 2. The fraction of sp³-hybridized carbons (Fsp3) is 0.286. The van der Waals surface area contributed by atoms with Crippen LogP contribution in [-0.4, -0.2) is 9.97 Å². The lowest BCUT2D eigenvalue weighted by molar-refractivity contribution is 0.151. The average molecular weight is 362 g/mol. The van der Waals surface area contributed by atoms with Crippen molar-refractivity contribution in [3.63, 3.8) is 0 Å². The van der Waals surface area contributed by atoms with Crippen LogP contribution in [0.1, 0.15) is 31.0 Å². The van der Waals surface area contributed by atoms with E-state index in [2.05, 4.69) is 25.9 Å². The smallest absolute Gasteiger partial charge is 0.232 e. The molecule has 2 aromatic rings. The van der Waals surface area contributed by atoms with Gasteiger partial charge in [0.15, 0.2) is 5.82 Å². The Morgan fingerprint density at radius 2 is 2.05 bits per heavy atom. The minimum Gasteiger partial charge on any atom is -0.232 e. The van der Waals surface area contributed by atoms with Crippen molar-refractivity contribution in [1.82, 2.24) is 9.97 Å². The molecule has 1 aromatic heterocycles. The van der Waals surface area contributed by atoms with Crippen molar-refractivity contribution in [1.29, 1.82) is 0 Å². The highest BCUT2D eigenvalue weighted by Crippen LogP contribution is 2.29. The molecule has 0 radical (unpaired) electrons. The summed E-state index contributed by atoms with van der Waals surface area (Å²) in [5, 5.41) is 0.293. The molecule has 0 N–H and O–H groups in total. The van der Waals surface area contributed by atoms with E-state index >= 15 is 0 Å². The van der Waals surface area contributed by atoms with Crippen molar-refractivity contribution in [2.45, 2.75) is 26.2 Å². The quantitative estimate of drug-likeness (QED) is 0.677. The molecule has 0 spiro atoms. The van der Waals surface area contributed by atoms with Crippen molar-refractivity contribution in [3.8, 4) is 11.4 Å². The van der Waals surface area contributed by atoms with Gasteiger partial charge in [-0.15, -0.1) is 0 Å². The standard InChI is InChI=1S/C14H12BrClF2N2/c1-2-4-10-11(15)12(16)20-14(19-10)9-6-3-5-8(7-9)13(17)18/h3,5-7,13H,2,4H2,1H3. The number of halogens is 4. The van der Waals surface area contributed by atoms with E-state index in [1.54, 1.807) is 12.1 Å². The number of benzene rings is 1. The van der Waals surface area contributed by atoms with E-state index in [1.807, 2.05) is 6.92 Å². The Hall–Kier alpha value is -1.07. The Kier molecular flexibility index (Phi) is 5.05. The predicted molar refractivity (Wildman–Crippen MR) is 79.1 cm³/mol. The zero-order chi connectivity index (χ0) is 14.7. The first-order chi connectivity index (χ1) is 9.52. The molecule has 0 unspecified atom stereocenters. The van der Waals surface area contributed by atoms with Crippen LogP contribution in [0.15, 0.2) is 28.7 Å². The number of alkyl halides is 2. The van der Waals surface area contributed by atoms with Crippen LogP contribution in [-0.2, 0) is 6.42 Å². The lowest BCUT2D eigenvalue weighted by Crippen LogP contribution is -1.99. The summed E-state index contributed by atoms with van der Waals surface area (Å²) in [6, 6.07) is 6.03. The van der Waals surface area contributed by atoms with Crippen LogP contribution in [0.5, 0.6) is 0 Å². The molecule has 1 aromatic carbocycles. The molecule has 2 rings (SSSR count). The highest BCUT2D eigenvalue weighted by molar-refractivity contribution is 9.10. The fourth-order valence-corrected chi connectivity index (χ4v) is 2.37. The van der Waals surface area contributed by atoms with Crippen molar-refractivity contribution in [3.05, 3.63) is 45.1 Å². The van der Waals surface area contributed by atoms with Gasteiger partial charge >= 0.3 is 0 Å². The van der Waals surface area contributed by atoms with Crippen LogP contribution in [0.25, 0.3) is 11.4 Å². The number of aryl methyl sites for hydroxylation is 1. The second-order valence-electron chi connectivity index (χ2n) is 4.27. The molecule has 2 nitrogen and oxygen atoms in total. The summed E-state index contributed by atoms with van der Waals surface area (Å²) in [6.45, 7) is 2.03. The minimum atomic E-state index is -2.52. The van der Waals surface area contributed by atoms with Gasteiger partial charge < -0.3 is 0 Å². The van der Waals surface area contributed by atoms with Gasteiger partial charge in [0, 0.05) is 11.1 Å². The van der Waals surface area contributed by atoms with E-state index in [0.29, 0.717) is 21.0 Å². The summed E-state index contributed by atoms with van der Waals surface area (Å²) in [5.74, 6) is 0.365. The van der Waals surface area contributed by atoms with Crippen LogP contribution < -0.4 is 0 Å². The lowest BCUT2D eigenvalue weighted by Gasteiger charge is -2.08. The van der Waals surface area contributed by atoms with E-state index in [0.717, 1.165) is 18.5 Å². The zero-order valence-electron chi connectivity index (χ0n) is 10.7. The summed E-state index contributed by atoms with van der Waals surface area (Å²) in [6.07, 6.45) is -0.872. The molecule has 0 saturated carbocycles. The van der Waals surface area contributed by atoms with E-state index in [-0.39, 0.29) is 5.56 Å². The molecular formula is C14H12BrClF2N2. The van der Waals surface area contributed by atoms with Crippen molar-refractivity contribution in [2.24, 2.45) is 0 Å². The third-order valence-electron chi connectivity index (χ3n) is 2.76. The summed E-state index contributed by atoms with van der Waals surface area (Å²) < 4.78 is 26.1. The summed E-state index contributed by atoms with van der Waals surface area (Å²) in [5.41, 5.74) is 1.27. The number of hydrogen-bond donors (Lipinski definition) is 0. The van der Waals surface area contributed by atoms with Crippen molar-refractivity contribution in [2.75, 3.05) is 0 Å². The van der Waals surface area contributed by atoms with Gasteiger partial charge in [-0.25, -0.2) is 18.7 Å². The van der Waals surface area contributed by atoms with E-state index in [4.69, 9.17) is 11.6 Å². The van der Waals surface area contributed by atoms with Gasteiger partial charge in [0.2, 0.25) is 0 Å². The molecule has 6 heteroatoms. The summed E-state index contributed by atoms with van der Waals surface area (Å²) in [4.78, 5) is 8.56. The second kappa shape index (κ2) is 6.59. The highest BCUT2D eigenvalue weighted by Gasteiger charge is 2.13. The molecular weight excluding hydrogens is 350 g/mol. The van der Waals surface area contributed by atoms with Gasteiger partial charge in [0.25, 0.3) is 6.43 Å². The Bertz CT molecular complexity index is 620. The van der Waals surface area contributed by atoms with Crippen LogP contribution in [0.2, 0.25) is 5.15 Å². The molecule has 0 aliphatic rings. The van der Waals surface area contributed by atoms with E-state index in [1.165, 1.54) is 12.1 Å². The van der Waals surface area contributed by atoms with Gasteiger partial charge in [-0.3, -0.25) is 0 Å². The van der Waals surface area contributed by atoms with Gasteiger partial charge in [0.1, 0.15) is 5.15 Å². The van der Waals surface area contributed by atoms with Crippen molar-refractivity contribution < 1.29 is 8.78 Å². The first-order valence-corrected chi connectivity index (χ1v) is 7.30.